The lowest BCUT2D eigenvalue weighted by Gasteiger charge is -2.16. The second-order valence-corrected chi connectivity index (χ2v) is 7.13. The van der Waals surface area contributed by atoms with Gasteiger partial charge in [-0.2, -0.15) is 0 Å². The molecule has 21 heavy (non-hydrogen) atoms. The van der Waals surface area contributed by atoms with Crippen molar-refractivity contribution in [2.45, 2.75) is 25.3 Å². The topological polar surface area (TPSA) is 110 Å². The van der Waals surface area contributed by atoms with Crippen LogP contribution in [0.25, 0.3) is 0 Å². The molecule has 0 fully saturated rings. The maximum atomic E-state index is 11.9. The van der Waals surface area contributed by atoms with E-state index in [2.05, 4.69) is 9.46 Å². The minimum absolute atomic E-state index is 0.0139. The fourth-order valence-electron chi connectivity index (χ4n) is 1.63. The largest absolute Gasteiger partial charge is 0.481 e. The number of esters is 1. The smallest absolute Gasteiger partial charge is 0.307 e. The highest BCUT2D eigenvalue weighted by Gasteiger charge is 2.23. The van der Waals surface area contributed by atoms with Crippen molar-refractivity contribution >= 4 is 33.3 Å². The average molecular weight is 335 g/mol. The van der Waals surface area contributed by atoms with Gasteiger partial charge in [-0.25, -0.2) is 13.1 Å². The molecule has 1 atom stereocenters. The Labute approximate surface area is 127 Å². The number of ether oxygens (including phenoxy) is 1. The van der Waals surface area contributed by atoms with Gasteiger partial charge in [0.05, 0.1) is 25.3 Å². The summed E-state index contributed by atoms with van der Waals surface area (Å²) in [6.45, 7) is 0. The molecule has 0 spiro atoms. The van der Waals surface area contributed by atoms with Crippen molar-refractivity contribution in [3.05, 3.63) is 22.4 Å². The van der Waals surface area contributed by atoms with Crippen LogP contribution in [0.3, 0.4) is 0 Å². The van der Waals surface area contributed by atoms with Crippen molar-refractivity contribution in [1.29, 1.82) is 0 Å². The molecule has 0 aromatic carbocycles. The highest BCUT2D eigenvalue weighted by Crippen LogP contribution is 2.23. The first-order chi connectivity index (χ1) is 9.84. The van der Waals surface area contributed by atoms with Crippen LogP contribution in [0.1, 0.15) is 30.2 Å². The van der Waals surface area contributed by atoms with Crippen molar-refractivity contribution in [2.24, 2.45) is 0 Å². The zero-order valence-corrected chi connectivity index (χ0v) is 13.1. The Bertz CT molecular complexity index is 567. The molecule has 1 unspecified atom stereocenters. The number of sulfonamides is 1. The van der Waals surface area contributed by atoms with E-state index >= 15 is 0 Å². The van der Waals surface area contributed by atoms with Gasteiger partial charge < -0.3 is 9.84 Å². The summed E-state index contributed by atoms with van der Waals surface area (Å²) in [6, 6.07) is 2.77. The van der Waals surface area contributed by atoms with Crippen LogP contribution in [0, 0.1) is 0 Å². The summed E-state index contributed by atoms with van der Waals surface area (Å²) in [4.78, 5) is 22.5. The lowest BCUT2D eigenvalue weighted by molar-refractivity contribution is -0.141. The van der Waals surface area contributed by atoms with E-state index in [0.29, 0.717) is 4.88 Å². The van der Waals surface area contributed by atoms with E-state index in [0.717, 1.165) is 0 Å². The maximum absolute atomic E-state index is 11.9. The van der Waals surface area contributed by atoms with Crippen LogP contribution in [0.4, 0.5) is 0 Å². The third-order valence-corrected chi connectivity index (χ3v) is 5.07. The Morgan fingerprint density at radius 1 is 1.48 bits per heavy atom. The van der Waals surface area contributed by atoms with Gasteiger partial charge in [0.25, 0.3) is 0 Å². The van der Waals surface area contributed by atoms with Gasteiger partial charge in [0.15, 0.2) is 0 Å². The molecule has 1 rings (SSSR count). The SMILES string of the molecule is COC(=O)CC(NS(=O)(=O)CCCC(=O)O)c1cccs1. The summed E-state index contributed by atoms with van der Waals surface area (Å²) < 4.78 is 30.9. The number of rotatable bonds is 9. The van der Waals surface area contributed by atoms with E-state index in [-0.39, 0.29) is 25.0 Å². The van der Waals surface area contributed by atoms with Crippen LogP contribution < -0.4 is 4.72 Å². The average Bonchev–Trinajstić information content (AvgIpc) is 2.90. The van der Waals surface area contributed by atoms with E-state index in [1.165, 1.54) is 18.4 Å². The lowest BCUT2D eigenvalue weighted by atomic mass is 10.2. The molecule has 1 aromatic rings. The first-order valence-electron chi connectivity index (χ1n) is 6.16. The molecule has 0 bridgehead atoms. The predicted molar refractivity (Wildman–Crippen MR) is 77.5 cm³/mol. The van der Waals surface area contributed by atoms with Crippen molar-refractivity contribution < 1.29 is 27.9 Å². The van der Waals surface area contributed by atoms with E-state index < -0.39 is 28.0 Å². The molecule has 0 radical (unpaired) electrons. The Balaban J connectivity index is 2.71. The van der Waals surface area contributed by atoms with Crippen molar-refractivity contribution in [2.75, 3.05) is 12.9 Å². The van der Waals surface area contributed by atoms with Gasteiger partial charge in [-0.3, -0.25) is 9.59 Å². The van der Waals surface area contributed by atoms with Crippen LogP contribution in [-0.4, -0.2) is 38.3 Å². The molecule has 9 heteroatoms. The number of nitrogens with one attached hydrogen (secondary N) is 1. The summed E-state index contributed by atoms with van der Waals surface area (Å²) in [5.74, 6) is -1.88. The Kier molecular flexibility index (Phi) is 6.79. The molecule has 1 heterocycles. The summed E-state index contributed by atoms with van der Waals surface area (Å²) in [6.07, 6.45) is -0.323. The molecule has 0 saturated heterocycles. The molecule has 0 amide bonds. The molecule has 0 aliphatic heterocycles. The first-order valence-corrected chi connectivity index (χ1v) is 8.69. The highest BCUT2D eigenvalue weighted by molar-refractivity contribution is 7.89. The number of carboxylic acids is 1. The maximum Gasteiger partial charge on any atom is 0.307 e. The Morgan fingerprint density at radius 3 is 2.71 bits per heavy atom. The molecule has 7 nitrogen and oxygen atoms in total. The number of hydrogen-bond donors (Lipinski definition) is 2. The molecule has 0 aliphatic carbocycles. The minimum Gasteiger partial charge on any atom is -0.481 e. The number of hydrogen-bond acceptors (Lipinski definition) is 6. The Hall–Kier alpha value is -1.45. The third kappa shape index (κ3) is 6.69. The molecule has 1 aromatic heterocycles. The van der Waals surface area contributed by atoms with Crippen LogP contribution in [0.2, 0.25) is 0 Å². The van der Waals surface area contributed by atoms with Crippen LogP contribution in [-0.2, 0) is 24.3 Å². The zero-order valence-electron chi connectivity index (χ0n) is 11.4. The van der Waals surface area contributed by atoms with Crippen LogP contribution in [0.5, 0.6) is 0 Å². The minimum atomic E-state index is -3.67. The number of aliphatic carboxylic acids is 1. The second kappa shape index (κ2) is 8.11. The van der Waals surface area contributed by atoms with Gasteiger partial charge in [0.1, 0.15) is 0 Å². The number of carbonyl (C=O) groups is 2. The van der Waals surface area contributed by atoms with E-state index in [1.807, 2.05) is 0 Å². The van der Waals surface area contributed by atoms with Gasteiger partial charge in [-0.15, -0.1) is 11.3 Å². The third-order valence-electron chi connectivity index (χ3n) is 2.61. The number of thiophene rings is 1. The van der Waals surface area contributed by atoms with E-state index in [1.54, 1.807) is 17.5 Å². The summed E-state index contributed by atoms with van der Waals surface area (Å²) in [7, 11) is -2.44. The number of methoxy groups -OCH3 is 1. The van der Waals surface area contributed by atoms with Crippen molar-refractivity contribution in [1.82, 2.24) is 4.72 Å². The van der Waals surface area contributed by atoms with Gasteiger partial charge >= 0.3 is 11.9 Å². The summed E-state index contributed by atoms with van der Waals surface area (Å²) >= 11 is 1.32. The second-order valence-electron chi connectivity index (χ2n) is 4.28. The quantitative estimate of drug-likeness (QED) is 0.655. The van der Waals surface area contributed by atoms with Crippen molar-refractivity contribution in [3.8, 4) is 0 Å². The van der Waals surface area contributed by atoms with Crippen LogP contribution in [0.15, 0.2) is 17.5 Å². The zero-order chi connectivity index (χ0) is 15.9. The van der Waals surface area contributed by atoms with Crippen LogP contribution >= 0.6 is 11.3 Å². The monoisotopic (exact) mass is 335 g/mol. The van der Waals surface area contributed by atoms with Gasteiger partial charge in [-0.05, 0) is 17.9 Å². The normalized spacial score (nSPS) is 12.8. The van der Waals surface area contributed by atoms with E-state index in [4.69, 9.17) is 5.11 Å². The Morgan fingerprint density at radius 2 is 2.19 bits per heavy atom. The first kappa shape index (κ1) is 17.6. The van der Waals surface area contributed by atoms with Crippen molar-refractivity contribution in [3.63, 3.8) is 0 Å². The molecule has 0 aliphatic rings. The van der Waals surface area contributed by atoms with Gasteiger partial charge in [-0.1, -0.05) is 6.07 Å². The summed E-state index contributed by atoms with van der Waals surface area (Å²) in [5.41, 5.74) is 0. The lowest BCUT2D eigenvalue weighted by Crippen LogP contribution is -2.32. The number of carbonyl (C=O) groups excluding carboxylic acids is 1. The predicted octanol–water partition coefficient (Wildman–Crippen LogP) is 1.14. The molecule has 0 saturated carbocycles. The van der Waals surface area contributed by atoms with Gasteiger partial charge in [0, 0.05) is 11.3 Å². The highest BCUT2D eigenvalue weighted by atomic mass is 32.2. The molecule has 2 N–H and O–H groups in total. The number of carboxylic acid groups (broad SMARTS) is 1. The molecular formula is C12H17NO6S2. The fraction of sp³-hybridized carbons (Fsp3) is 0.500. The standard InChI is InChI=1S/C12H17NO6S2/c1-19-12(16)8-9(10-4-2-6-20-10)13-21(17,18)7-3-5-11(14)15/h2,4,6,9,13H,3,5,7-8H2,1H3,(H,14,15). The van der Waals surface area contributed by atoms with E-state index in [9.17, 15) is 18.0 Å². The van der Waals surface area contributed by atoms with Gasteiger partial charge in [0.2, 0.25) is 10.0 Å². The molecular weight excluding hydrogens is 318 g/mol. The molecule has 118 valence electrons. The summed E-state index contributed by atoms with van der Waals surface area (Å²) in [5, 5.41) is 10.3. The fourth-order valence-corrected chi connectivity index (χ4v) is 3.77.